The zero-order chi connectivity index (χ0) is 27.6. The van der Waals surface area contributed by atoms with Gasteiger partial charge in [-0.2, -0.15) is 4.57 Å². The average Bonchev–Trinajstić information content (AvgIpc) is 3.27. The van der Waals surface area contributed by atoms with Crippen molar-refractivity contribution in [1.29, 1.82) is 0 Å². The van der Waals surface area contributed by atoms with E-state index in [9.17, 15) is 4.79 Å². The summed E-state index contributed by atoms with van der Waals surface area (Å²) in [5.74, 6) is 2.20. The van der Waals surface area contributed by atoms with Crippen molar-refractivity contribution < 1.29 is 23.7 Å². The number of nitrogens with one attached hydrogen (secondary N) is 1. The number of fused-ring (bicyclic) bond motifs is 2. The number of rotatable bonds is 8. The first-order chi connectivity index (χ1) is 19.5. The number of ether oxygens (including phenoxy) is 2. The van der Waals surface area contributed by atoms with Crippen LogP contribution in [-0.2, 0) is 26.6 Å². The SMILES string of the molecule is COc1cc2c(cc1OCc1ccc3cccc(N)c3[n+]1C)C(=O)C(CC1CC[NH+](Cc3ccccc3)CC1)C2. The summed E-state index contributed by atoms with van der Waals surface area (Å²) in [4.78, 5) is 15.2. The number of methoxy groups -OCH3 is 1. The molecule has 6 nitrogen and oxygen atoms in total. The van der Waals surface area contributed by atoms with Crippen molar-refractivity contribution in [2.75, 3.05) is 25.9 Å². The van der Waals surface area contributed by atoms with E-state index < -0.39 is 0 Å². The monoisotopic (exact) mass is 537 g/mol. The van der Waals surface area contributed by atoms with Crippen LogP contribution in [0.2, 0.25) is 0 Å². The minimum Gasteiger partial charge on any atom is -0.493 e. The second-order valence-corrected chi connectivity index (χ2v) is 11.5. The number of carbonyl (C=O) groups excluding carboxylic acids is 1. The first-order valence-corrected chi connectivity index (χ1v) is 14.4. The van der Waals surface area contributed by atoms with Gasteiger partial charge in [0.05, 0.1) is 20.2 Å². The van der Waals surface area contributed by atoms with Crippen LogP contribution in [0.1, 0.15) is 46.4 Å². The Balaban J connectivity index is 1.11. The molecule has 206 valence electrons. The Bertz CT molecular complexity index is 1530. The number of aryl methyl sites for hydroxylation is 1. The predicted molar refractivity (Wildman–Crippen MR) is 157 cm³/mol. The maximum atomic E-state index is 13.5. The topological polar surface area (TPSA) is 69.9 Å². The number of anilines is 1. The number of Topliss-reactive ketones (excluding diaryl/α,β-unsaturated/α-hetero) is 1. The summed E-state index contributed by atoms with van der Waals surface area (Å²) in [6.45, 7) is 3.79. The highest BCUT2D eigenvalue weighted by Gasteiger charge is 2.35. The minimum atomic E-state index is 0.0527. The van der Waals surface area contributed by atoms with Gasteiger partial charge < -0.3 is 20.1 Å². The van der Waals surface area contributed by atoms with Crippen molar-refractivity contribution in [2.24, 2.45) is 18.9 Å². The molecule has 1 unspecified atom stereocenters. The quantitative estimate of drug-likeness (QED) is 0.263. The Labute approximate surface area is 236 Å². The number of piperidine rings is 1. The number of nitrogen functional groups attached to an aromatic ring is 1. The number of hydrogen-bond acceptors (Lipinski definition) is 4. The molecule has 40 heavy (non-hydrogen) atoms. The number of benzene rings is 3. The van der Waals surface area contributed by atoms with E-state index in [0.29, 0.717) is 24.0 Å². The van der Waals surface area contributed by atoms with Crippen molar-refractivity contribution in [3.8, 4) is 11.5 Å². The highest BCUT2D eigenvalue weighted by Crippen LogP contribution is 2.39. The van der Waals surface area contributed by atoms with Gasteiger partial charge in [-0.05, 0) is 67.5 Å². The van der Waals surface area contributed by atoms with Crippen molar-refractivity contribution in [3.63, 3.8) is 0 Å². The third-order valence-corrected chi connectivity index (χ3v) is 8.91. The van der Waals surface area contributed by atoms with Gasteiger partial charge in [0.25, 0.3) is 0 Å². The number of pyridine rings is 1. The highest BCUT2D eigenvalue weighted by molar-refractivity contribution is 6.03. The van der Waals surface area contributed by atoms with Crippen LogP contribution < -0.4 is 24.7 Å². The Hall–Kier alpha value is -3.90. The normalized spacial score (nSPS) is 20.4. The molecule has 0 amide bonds. The van der Waals surface area contributed by atoms with Crippen molar-refractivity contribution in [3.05, 3.63) is 95.2 Å². The fourth-order valence-corrected chi connectivity index (χ4v) is 6.67. The Morgan fingerprint density at radius 1 is 0.975 bits per heavy atom. The summed E-state index contributed by atoms with van der Waals surface area (Å²) in [6, 6.07) is 24.7. The maximum absolute atomic E-state index is 13.5. The van der Waals surface area contributed by atoms with Crippen LogP contribution in [0.4, 0.5) is 5.69 Å². The lowest BCUT2D eigenvalue weighted by atomic mass is 9.85. The van der Waals surface area contributed by atoms with Gasteiger partial charge in [0.15, 0.2) is 23.9 Å². The number of quaternary nitrogens is 1. The number of carbonyl (C=O) groups is 1. The summed E-state index contributed by atoms with van der Waals surface area (Å²) in [6.07, 6.45) is 4.14. The summed E-state index contributed by atoms with van der Waals surface area (Å²) in [7, 11) is 3.66. The van der Waals surface area contributed by atoms with Gasteiger partial charge in [0.1, 0.15) is 19.3 Å². The van der Waals surface area contributed by atoms with E-state index in [-0.39, 0.29) is 11.7 Å². The molecule has 2 heterocycles. The Morgan fingerprint density at radius 2 is 1.77 bits per heavy atom. The van der Waals surface area contributed by atoms with Crippen molar-refractivity contribution in [1.82, 2.24) is 0 Å². The standard InChI is InChI=1S/C34H38N3O3/c1-36-28(12-11-25-9-6-10-30(35)33(25)36)22-40-32-20-29-26(19-31(32)39-2)18-27(34(29)38)17-23-13-15-37(16-14-23)21-24-7-4-3-5-8-24/h3-12,19-20,23,27H,13-18,21-22,35H2,1-2H3/q+1/p+1. The zero-order valence-electron chi connectivity index (χ0n) is 23.5. The number of nitrogens with zero attached hydrogens (tertiary/aromatic N) is 1. The molecule has 1 saturated heterocycles. The maximum Gasteiger partial charge on any atom is 0.235 e. The van der Waals surface area contributed by atoms with E-state index in [1.54, 1.807) is 12.0 Å². The molecular weight excluding hydrogens is 498 g/mol. The smallest absolute Gasteiger partial charge is 0.235 e. The number of nitrogens with two attached hydrogens (primary N) is 1. The molecule has 6 rings (SSSR count). The summed E-state index contributed by atoms with van der Waals surface area (Å²) < 4.78 is 14.0. The molecule has 0 bridgehead atoms. The zero-order valence-corrected chi connectivity index (χ0v) is 23.5. The van der Waals surface area contributed by atoms with Crippen molar-refractivity contribution in [2.45, 2.75) is 38.8 Å². The van der Waals surface area contributed by atoms with Crippen LogP contribution in [0, 0.1) is 11.8 Å². The Kier molecular flexibility index (Phi) is 7.44. The van der Waals surface area contributed by atoms with E-state index in [0.717, 1.165) is 52.8 Å². The molecule has 0 radical (unpaired) electrons. The van der Waals surface area contributed by atoms with Gasteiger partial charge in [0.2, 0.25) is 11.2 Å². The molecule has 2 aliphatic rings. The summed E-state index contributed by atoms with van der Waals surface area (Å²) in [5.41, 5.74) is 12.2. The minimum absolute atomic E-state index is 0.0527. The number of hydrogen-bond donors (Lipinski definition) is 2. The van der Waals surface area contributed by atoms with Crippen LogP contribution in [0.3, 0.4) is 0 Å². The van der Waals surface area contributed by atoms with Crippen molar-refractivity contribution >= 4 is 22.4 Å². The van der Waals surface area contributed by atoms with E-state index in [4.69, 9.17) is 15.2 Å². The third-order valence-electron chi connectivity index (χ3n) is 8.91. The molecule has 6 heteroatoms. The second kappa shape index (κ2) is 11.3. The number of aromatic nitrogens is 1. The van der Waals surface area contributed by atoms with Crippen LogP contribution in [0.5, 0.6) is 11.5 Å². The van der Waals surface area contributed by atoms with E-state index in [1.165, 1.54) is 31.5 Å². The number of ketones is 1. The lowest BCUT2D eigenvalue weighted by molar-refractivity contribution is -0.919. The molecule has 1 aliphatic carbocycles. The molecule has 1 aliphatic heterocycles. The molecule has 4 aromatic rings. The lowest BCUT2D eigenvalue weighted by Crippen LogP contribution is -3.11. The van der Waals surface area contributed by atoms with Gasteiger partial charge in [-0.3, -0.25) is 4.79 Å². The van der Waals surface area contributed by atoms with E-state index >= 15 is 0 Å². The highest BCUT2D eigenvalue weighted by atomic mass is 16.5. The number of likely N-dealkylation sites (tertiary alicyclic amines) is 1. The van der Waals surface area contributed by atoms with Gasteiger partial charge in [-0.25, -0.2) is 0 Å². The average molecular weight is 538 g/mol. The molecule has 1 atom stereocenters. The first kappa shape index (κ1) is 26.3. The van der Waals surface area contributed by atoms with E-state index in [2.05, 4.69) is 53.1 Å². The van der Waals surface area contributed by atoms with E-state index in [1.807, 2.05) is 31.3 Å². The molecule has 1 aromatic heterocycles. The molecular formula is C34H39N3O3+2. The summed E-state index contributed by atoms with van der Waals surface area (Å²) >= 11 is 0. The third kappa shape index (κ3) is 5.28. The summed E-state index contributed by atoms with van der Waals surface area (Å²) in [5, 5.41) is 1.08. The molecule has 1 fully saturated rings. The predicted octanol–water partition coefficient (Wildman–Crippen LogP) is 4.07. The Morgan fingerprint density at radius 3 is 2.55 bits per heavy atom. The largest absolute Gasteiger partial charge is 0.493 e. The lowest BCUT2D eigenvalue weighted by Gasteiger charge is -2.30. The van der Waals surface area contributed by atoms with Gasteiger partial charge in [-0.1, -0.05) is 36.4 Å². The molecule has 3 aromatic carbocycles. The fourth-order valence-electron chi connectivity index (χ4n) is 6.67. The van der Waals surface area contributed by atoms with Gasteiger partial charge in [0, 0.05) is 28.5 Å². The second-order valence-electron chi connectivity index (χ2n) is 11.5. The fraction of sp³-hybridized carbons (Fsp3) is 0.353. The van der Waals surface area contributed by atoms with Crippen LogP contribution in [-0.4, -0.2) is 26.0 Å². The number of para-hydroxylation sites is 1. The van der Waals surface area contributed by atoms with Crippen LogP contribution in [0.25, 0.3) is 10.9 Å². The first-order valence-electron chi connectivity index (χ1n) is 14.4. The van der Waals surface area contributed by atoms with Crippen LogP contribution >= 0.6 is 0 Å². The molecule has 0 saturated carbocycles. The van der Waals surface area contributed by atoms with Gasteiger partial charge >= 0.3 is 0 Å². The van der Waals surface area contributed by atoms with Gasteiger partial charge in [-0.15, -0.1) is 0 Å². The van der Waals surface area contributed by atoms with Crippen LogP contribution in [0.15, 0.2) is 72.8 Å². The molecule has 0 spiro atoms. The molecule has 3 N–H and O–H groups in total.